The van der Waals surface area contributed by atoms with Crippen LogP contribution in [0.25, 0.3) is 0 Å². The van der Waals surface area contributed by atoms with Gasteiger partial charge in [0.2, 0.25) is 11.8 Å². The molecular weight excluding hydrogens is 296 g/mol. The molecule has 23 heavy (non-hydrogen) atoms. The molecule has 0 fully saturated rings. The molecule has 3 N–H and O–H groups in total. The molecule has 0 bridgehead atoms. The molecule has 2 atom stereocenters. The minimum Gasteiger partial charge on any atom is -0.478 e. The number of carboxylic acids is 1. The number of nitrogens with one attached hydrogen (secondary N) is 2. The van der Waals surface area contributed by atoms with Gasteiger partial charge >= 0.3 is 5.97 Å². The van der Waals surface area contributed by atoms with Crippen molar-refractivity contribution in [1.82, 2.24) is 0 Å². The van der Waals surface area contributed by atoms with Gasteiger partial charge in [-0.15, -0.1) is 0 Å². The van der Waals surface area contributed by atoms with E-state index in [1.165, 1.54) is 12.1 Å². The zero-order valence-electron chi connectivity index (χ0n) is 14.0. The Bertz CT molecular complexity index is 556. The predicted molar refractivity (Wildman–Crippen MR) is 89.6 cm³/mol. The average molecular weight is 320 g/mol. The lowest BCUT2D eigenvalue weighted by Gasteiger charge is -2.14. The van der Waals surface area contributed by atoms with Gasteiger partial charge in [-0.2, -0.15) is 0 Å². The monoisotopic (exact) mass is 320 g/mol. The maximum Gasteiger partial charge on any atom is 0.335 e. The van der Waals surface area contributed by atoms with Crippen molar-refractivity contribution in [3.05, 3.63) is 23.8 Å². The molecule has 6 nitrogen and oxygen atoms in total. The molecule has 0 unspecified atom stereocenters. The third-order valence-electron chi connectivity index (χ3n) is 3.83. The smallest absolute Gasteiger partial charge is 0.335 e. The summed E-state index contributed by atoms with van der Waals surface area (Å²) in [4.78, 5) is 35.2. The summed E-state index contributed by atoms with van der Waals surface area (Å²) in [5.74, 6) is -1.85. The molecule has 0 aromatic heterocycles. The standard InChI is InChI=1S/C17H24N2O4/c1-5-10(3)15(20)18-13-7-12(17(22)23)8-14(9-13)19-16(21)11(4)6-2/h7-11H,5-6H2,1-4H3,(H,18,20)(H,19,21)(H,22,23)/t10-,11+. The molecule has 0 heterocycles. The van der Waals surface area contributed by atoms with Gasteiger partial charge in [0.05, 0.1) is 5.56 Å². The summed E-state index contributed by atoms with van der Waals surface area (Å²) in [7, 11) is 0. The van der Waals surface area contributed by atoms with E-state index in [4.69, 9.17) is 0 Å². The minimum atomic E-state index is -1.12. The average Bonchev–Trinajstić information content (AvgIpc) is 2.52. The lowest BCUT2D eigenvalue weighted by atomic mass is 10.1. The first-order valence-corrected chi connectivity index (χ1v) is 7.78. The van der Waals surface area contributed by atoms with Crippen LogP contribution in [0.15, 0.2) is 18.2 Å². The van der Waals surface area contributed by atoms with Gasteiger partial charge in [-0.3, -0.25) is 9.59 Å². The van der Waals surface area contributed by atoms with E-state index >= 15 is 0 Å². The van der Waals surface area contributed by atoms with Crippen LogP contribution in [0.4, 0.5) is 11.4 Å². The zero-order chi connectivity index (χ0) is 17.6. The van der Waals surface area contributed by atoms with E-state index in [1.807, 2.05) is 13.8 Å². The first-order chi connectivity index (χ1) is 10.8. The van der Waals surface area contributed by atoms with E-state index in [-0.39, 0.29) is 29.2 Å². The van der Waals surface area contributed by atoms with Gasteiger partial charge in [0.25, 0.3) is 0 Å². The Morgan fingerprint density at radius 3 is 1.61 bits per heavy atom. The molecule has 0 aliphatic heterocycles. The third-order valence-corrected chi connectivity index (χ3v) is 3.83. The lowest BCUT2D eigenvalue weighted by molar-refractivity contribution is -0.120. The van der Waals surface area contributed by atoms with Crippen molar-refractivity contribution in [2.24, 2.45) is 11.8 Å². The van der Waals surface area contributed by atoms with Crippen molar-refractivity contribution >= 4 is 29.2 Å². The van der Waals surface area contributed by atoms with Crippen LogP contribution in [0.5, 0.6) is 0 Å². The summed E-state index contributed by atoms with van der Waals surface area (Å²) < 4.78 is 0. The number of carbonyl (C=O) groups is 3. The first-order valence-electron chi connectivity index (χ1n) is 7.78. The van der Waals surface area contributed by atoms with Crippen LogP contribution >= 0.6 is 0 Å². The second-order valence-electron chi connectivity index (χ2n) is 5.70. The summed E-state index contributed by atoms with van der Waals surface area (Å²) in [5, 5.41) is 14.6. The number of amides is 2. The Morgan fingerprint density at radius 1 is 0.913 bits per heavy atom. The highest BCUT2D eigenvalue weighted by atomic mass is 16.4. The van der Waals surface area contributed by atoms with Crippen LogP contribution in [0.1, 0.15) is 50.9 Å². The maximum atomic E-state index is 12.0. The summed E-state index contributed by atoms with van der Waals surface area (Å²) in [6, 6.07) is 4.32. The molecule has 0 radical (unpaired) electrons. The minimum absolute atomic E-state index is 0.00593. The summed E-state index contributed by atoms with van der Waals surface area (Å²) >= 11 is 0. The first kappa shape index (κ1) is 18.7. The number of rotatable bonds is 7. The van der Waals surface area contributed by atoms with Crippen LogP contribution in [0.3, 0.4) is 0 Å². The summed E-state index contributed by atoms with van der Waals surface area (Å²) in [6.07, 6.45) is 1.37. The van der Waals surface area contributed by atoms with Gasteiger partial charge in [-0.25, -0.2) is 4.79 Å². The highest BCUT2D eigenvalue weighted by Gasteiger charge is 2.15. The summed E-state index contributed by atoms with van der Waals surface area (Å²) in [6.45, 7) is 7.38. The number of benzene rings is 1. The molecule has 0 spiro atoms. The van der Waals surface area contributed by atoms with Gasteiger partial charge < -0.3 is 15.7 Å². The van der Waals surface area contributed by atoms with Crippen molar-refractivity contribution < 1.29 is 19.5 Å². The topological polar surface area (TPSA) is 95.5 Å². The SMILES string of the molecule is CC[C@@H](C)C(=O)Nc1cc(NC(=O)[C@@H](C)CC)cc(C(=O)O)c1. The normalized spacial score (nSPS) is 13.0. The Labute approximate surface area is 136 Å². The van der Waals surface area contributed by atoms with Crippen molar-refractivity contribution in [2.75, 3.05) is 10.6 Å². The fraction of sp³-hybridized carbons (Fsp3) is 0.471. The van der Waals surface area contributed by atoms with E-state index in [9.17, 15) is 19.5 Å². The molecule has 126 valence electrons. The van der Waals surface area contributed by atoms with Gasteiger partial charge in [0.1, 0.15) is 0 Å². The molecule has 1 aromatic carbocycles. The largest absolute Gasteiger partial charge is 0.478 e. The van der Waals surface area contributed by atoms with E-state index in [1.54, 1.807) is 19.9 Å². The molecule has 0 aliphatic carbocycles. The van der Waals surface area contributed by atoms with Gasteiger partial charge in [0.15, 0.2) is 0 Å². The number of hydrogen-bond acceptors (Lipinski definition) is 3. The summed E-state index contributed by atoms with van der Waals surface area (Å²) in [5.41, 5.74) is 0.718. The fourth-order valence-corrected chi connectivity index (χ4v) is 1.80. The lowest BCUT2D eigenvalue weighted by Crippen LogP contribution is -2.21. The molecule has 2 amide bonds. The van der Waals surface area contributed by atoms with E-state index in [0.717, 1.165) is 0 Å². The van der Waals surface area contributed by atoms with Crippen molar-refractivity contribution in [3.63, 3.8) is 0 Å². The molecule has 1 rings (SSSR count). The van der Waals surface area contributed by atoms with Crippen LogP contribution in [0.2, 0.25) is 0 Å². The molecule has 0 saturated carbocycles. The highest BCUT2D eigenvalue weighted by molar-refractivity contribution is 5.98. The van der Waals surface area contributed by atoms with Crippen molar-refractivity contribution in [2.45, 2.75) is 40.5 Å². The number of anilines is 2. The number of carboxylic acid groups (broad SMARTS) is 1. The maximum absolute atomic E-state index is 12.0. The Hall–Kier alpha value is -2.37. The number of hydrogen-bond donors (Lipinski definition) is 3. The Kier molecular flexibility index (Phi) is 6.75. The second kappa shape index (κ2) is 8.31. The molecular formula is C17H24N2O4. The van der Waals surface area contributed by atoms with Crippen LogP contribution < -0.4 is 10.6 Å². The van der Waals surface area contributed by atoms with E-state index in [0.29, 0.717) is 24.2 Å². The third kappa shape index (κ3) is 5.39. The van der Waals surface area contributed by atoms with Crippen molar-refractivity contribution in [3.8, 4) is 0 Å². The molecule has 0 aliphatic rings. The van der Waals surface area contributed by atoms with Gasteiger partial charge in [-0.05, 0) is 31.0 Å². The van der Waals surface area contributed by atoms with Crippen LogP contribution in [-0.2, 0) is 9.59 Å². The van der Waals surface area contributed by atoms with Crippen molar-refractivity contribution in [1.29, 1.82) is 0 Å². The van der Waals surface area contributed by atoms with Gasteiger partial charge in [0, 0.05) is 23.2 Å². The molecule has 1 aromatic rings. The molecule has 6 heteroatoms. The van der Waals surface area contributed by atoms with Crippen LogP contribution in [-0.4, -0.2) is 22.9 Å². The van der Waals surface area contributed by atoms with E-state index < -0.39 is 5.97 Å². The molecule has 0 saturated heterocycles. The van der Waals surface area contributed by atoms with Gasteiger partial charge in [-0.1, -0.05) is 27.7 Å². The Morgan fingerprint density at radius 2 is 1.30 bits per heavy atom. The number of carbonyl (C=O) groups excluding carboxylic acids is 2. The zero-order valence-corrected chi connectivity index (χ0v) is 14.0. The number of aromatic carboxylic acids is 1. The highest BCUT2D eigenvalue weighted by Crippen LogP contribution is 2.21. The second-order valence-corrected chi connectivity index (χ2v) is 5.70. The van der Waals surface area contributed by atoms with Crippen LogP contribution in [0, 0.1) is 11.8 Å². The predicted octanol–water partition coefficient (Wildman–Crippen LogP) is 3.35. The van der Waals surface area contributed by atoms with E-state index in [2.05, 4.69) is 10.6 Å². The quantitative estimate of drug-likeness (QED) is 0.718. The Balaban J connectivity index is 3.05. The fourth-order valence-electron chi connectivity index (χ4n) is 1.80.